The molecular weight excluding hydrogens is 619 g/mol. The number of thioether (sulfide) groups is 1. The molecule has 1 aliphatic heterocycles. The van der Waals surface area contributed by atoms with E-state index in [1.165, 1.54) is 29.1 Å². The summed E-state index contributed by atoms with van der Waals surface area (Å²) in [7, 11) is 1.52. The highest BCUT2D eigenvalue weighted by Crippen LogP contribution is 2.33. The third-order valence-electron chi connectivity index (χ3n) is 7.14. The van der Waals surface area contributed by atoms with Gasteiger partial charge in [0.2, 0.25) is 0 Å². The Morgan fingerprint density at radius 3 is 2.62 bits per heavy atom. The number of fused-ring (bicyclic) bond motifs is 1. The SMILES string of the molecule is CCOC(=O)C1=C(C)N=c2s/c(=C\c3ccc(OC)c(CSc4nc(C(F)F)cc(C)c4C#N)c3)c(=O)n2C1c1ccccc1. The van der Waals surface area contributed by atoms with Gasteiger partial charge in [-0.2, -0.15) is 5.26 Å². The number of hydrogen-bond acceptors (Lipinski definition) is 9. The Kier molecular flexibility index (Phi) is 9.60. The molecule has 0 aliphatic carbocycles. The normalized spacial score (nSPS) is 14.6. The summed E-state index contributed by atoms with van der Waals surface area (Å²) in [6.07, 6.45) is -1.02. The molecule has 4 aromatic rings. The number of allylic oxidation sites excluding steroid dienone is 1. The first kappa shape index (κ1) is 31.8. The number of carbonyl (C=O) groups is 1. The fraction of sp³-hybridized carbons (Fsp3) is 0.242. The van der Waals surface area contributed by atoms with E-state index in [0.717, 1.165) is 22.9 Å². The van der Waals surface area contributed by atoms with Crippen LogP contribution < -0.4 is 19.6 Å². The van der Waals surface area contributed by atoms with Crippen molar-refractivity contribution in [1.82, 2.24) is 9.55 Å². The summed E-state index contributed by atoms with van der Waals surface area (Å²) in [5, 5.41) is 9.83. The molecular formula is C33H28F2N4O4S2. The number of pyridine rings is 1. The number of hydrogen-bond donors (Lipinski definition) is 0. The van der Waals surface area contributed by atoms with Crippen molar-refractivity contribution in [1.29, 1.82) is 5.26 Å². The van der Waals surface area contributed by atoms with Crippen molar-refractivity contribution in [2.24, 2.45) is 4.99 Å². The maximum absolute atomic E-state index is 13.9. The molecule has 0 spiro atoms. The van der Waals surface area contributed by atoms with Crippen molar-refractivity contribution in [2.75, 3.05) is 13.7 Å². The molecule has 0 fully saturated rings. The molecule has 0 saturated carbocycles. The molecule has 0 bridgehead atoms. The first-order valence-corrected chi connectivity index (χ1v) is 15.7. The molecule has 2 aromatic heterocycles. The van der Waals surface area contributed by atoms with E-state index in [2.05, 4.69) is 16.0 Å². The maximum Gasteiger partial charge on any atom is 0.338 e. The number of halogens is 2. The molecule has 0 saturated heterocycles. The molecule has 3 heterocycles. The van der Waals surface area contributed by atoms with Gasteiger partial charge >= 0.3 is 5.97 Å². The van der Waals surface area contributed by atoms with Crippen LogP contribution in [0.25, 0.3) is 6.08 Å². The molecule has 45 heavy (non-hydrogen) atoms. The number of aromatic nitrogens is 2. The number of thiazole rings is 1. The van der Waals surface area contributed by atoms with Crippen LogP contribution in [-0.4, -0.2) is 29.2 Å². The van der Waals surface area contributed by atoms with Gasteiger partial charge in [0, 0.05) is 11.3 Å². The summed E-state index contributed by atoms with van der Waals surface area (Å²) >= 11 is 2.37. The summed E-state index contributed by atoms with van der Waals surface area (Å²) < 4.78 is 39.7. The lowest BCUT2D eigenvalue weighted by Crippen LogP contribution is -2.39. The van der Waals surface area contributed by atoms with E-state index in [9.17, 15) is 23.6 Å². The number of aryl methyl sites for hydroxylation is 1. The summed E-state index contributed by atoms with van der Waals surface area (Å²) in [5.41, 5.74) is 2.93. The number of alkyl halides is 2. The number of nitrogens with zero attached hydrogens (tertiary/aromatic N) is 4. The second-order valence-electron chi connectivity index (χ2n) is 10.0. The lowest BCUT2D eigenvalue weighted by molar-refractivity contribution is -0.139. The van der Waals surface area contributed by atoms with Gasteiger partial charge in [0.05, 0.1) is 41.1 Å². The van der Waals surface area contributed by atoms with Crippen LogP contribution in [0.15, 0.2) is 80.7 Å². The van der Waals surface area contributed by atoms with E-state index < -0.39 is 18.4 Å². The molecule has 8 nitrogen and oxygen atoms in total. The Hall–Kier alpha value is -4.60. The number of ether oxygens (including phenoxy) is 2. The van der Waals surface area contributed by atoms with E-state index >= 15 is 0 Å². The quantitative estimate of drug-likeness (QED) is 0.172. The number of nitriles is 1. The third-order valence-corrected chi connectivity index (χ3v) is 9.14. The molecule has 230 valence electrons. The number of esters is 1. The van der Waals surface area contributed by atoms with Gasteiger partial charge in [0.1, 0.15) is 22.5 Å². The molecule has 12 heteroatoms. The van der Waals surface area contributed by atoms with Crippen molar-refractivity contribution in [3.63, 3.8) is 0 Å². The van der Waals surface area contributed by atoms with E-state index in [-0.39, 0.29) is 34.2 Å². The zero-order chi connectivity index (χ0) is 32.2. The van der Waals surface area contributed by atoms with Gasteiger partial charge < -0.3 is 9.47 Å². The zero-order valence-electron chi connectivity index (χ0n) is 24.8. The minimum absolute atomic E-state index is 0.185. The fourth-order valence-corrected chi connectivity index (χ4v) is 7.15. The van der Waals surface area contributed by atoms with Gasteiger partial charge in [0.25, 0.3) is 12.0 Å². The highest BCUT2D eigenvalue weighted by Gasteiger charge is 2.33. The first-order chi connectivity index (χ1) is 21.7. The first-order valence-electron chi connectivity index (χ1n) is 13.9. The average molecular weight is 647 g/mol. The highest BCUT2D eigenvalue weighted by atomic mass is 32.2. The topological polar surface area (TPSA) is 107 Å². The van der Waals surface area contributed by atoms with E-state index in [4.69, 9.17) is 9.47 Å². The second-order valence-corrected chi connectivity index (χ2v) is 12.0. The van der Waals surface area contributed by atoms with Crippen molar-refractivity contribution < 1.29 is 23.0 Å². The Morgan fingerprint density at radius 2 is 1.96 bits per heavy atom. The maximum atomic E-state index is 13.9. The van der Waals surface area contributed by atoms with Crippen LogP contribution in [0.4, 0.5) is 8.78 Å². The molecule has 0 N–H and O–H groups in total. The lowest BCUT2D eigenvalue weighted by Gasteiger charge is -2.24. The van der Waals surface area contributed by atoms with Crippen molar-refractivity contribution in [3.05, 3.63) is 119 Å². The minimum atomic E-state index is -2.76. The van der Waals surface area contributed by atoms with E-state index in [1.807, 2.05) is 36.4 Å². The lowest BCUT2D eigenvalue weighted by atomic mass is 9.96. The third kappa shape index (κ3) is 6.45. The van der Waals surface area contributed by atoms with Gasteiger partial charge in [-0.15, -0.1) is 11.8 Å². The highest BCUT2D eigenvalue weighted by molar-refractivity contribution is 7.98. The summed E-state index contributed by atoms with van der Waals surface area (Å²) in [5.74, 6) is 0.304. The summed E-state index contributed by atoms with van der Waals surface area (Å²) in [6, 6.07) is 17.3. The molecule has 0 radical (unpaired) electrons. The van der Waals surface area contributed by atoms with Crippen LogP contribution in [-0.2, 0) is 15.3 Å². The Balaban J connectivity index is 1.56. The number of carbonyl (C=O) groups excluding carboxylic acids is 1. The summed E-state index contributed by atoms with van der Waals surface area (Å²) in [6.45, 7) is 5.25. The molecule has 1 unspecified atom stereocenters. The van der Waals surface area contributed by atoms with Crippen LogP contribution in [0.5, 0.6) is 5.75 Å². The standard InChI is InChI=1S/C33H28F2N4O4S2/c1-5-43-32(41)27-19(3)37-33-39(28(27)21-9-7-6-8-10-21)31(40)26(45-33)15-20-11-12-25(42-4)22(14-20)17-44-30-23(16-36)18(2)13-24(38-30)29(34)35/h6-15,28-29H,5,17H2,1-4H3/b26-15-. The van der Waals surface area contributed by atoms with Gasteiger partial charge in [-0.3, -0.25) is 9.36 Å². The van der Waals surface area contributed by atoms with E-state index in [1.54, 1.807) is 39.0 Å². The van der Waals surface area contributed by atoms with Crippen LogP contribution in [0, 0.1) is 18.3 Å². The number of methoxy groups -OCH3 is 1. The number of benzene rings is 2. The Bertz CT molecular complexity index is 2030. The number of rotatable bonds is 9. The summed E-state index contributed by atoms with van der Waals surface area (Å²) in [4.78, 5) is 36.1. The van der Waals surface area contributed by atoms with Gasteiger partial charge in [-0.25, -0.2) is 23.6 Å². The molecule has 0 amide bonds. The smallest absolute Gasteiger partial charge is 0.338 e. The van der Waals surface area contributed by atoms with Crippen LogP contribution >= 0.6 is 23.1 Å². The average Bonchev–Trinajstić information content (AvgIpc) is 3.33. The Labute approximate surface area is 266 Å². The van der Waals surface area contributed by atoms with Crippen LogP contribution in [0.2, 0.25) is 0 Å². The van der Waals surface area contributed by atoms with Gasteiger partial charge in [0.15, 0.2) is 4.80 Å². The molecule has 1 aliphatic rings. The monoisotopic (exact) mass is 646 g/mol. The van der Waals surface area contributed by atoms with Crippen molar-refractivity contribution >= 4 is 35.1 Å². The molecule has 1 atom stereocenters. The van der Waals surface area contributed by atoms with Crippen molar-refractivity contribution in [2.45, 2.75) is 44.0 Å². The molecule has 2 aromatic carbocycles. The fourth-order valence-electron chi connectivity index (χ4n) is 5.06. The van der Waals surface area contributed by atoms with Crippen LogP contribution in [0.3, 0.4) is 0 Å². The van der Waals surface area contributed by atoms with Crippen LogP contribution in [0.1, 0.15) is 59.8 Å². The van der Waals surface area contributed by atoms with E-state index in [0.29, 0.717) is 37.5 Å². The van der Waals surface area contributed by atoms with Crippen molar-refractivity contribution in [3.8, 4) is 11.8 Å². The van der Waals surface area contributed by atoms with Gasteiger partial charge in [-0.05, 0) is 61.7 Å². The predicted molar refractivity (Wildman–Crippen MR) is 168 cm³/mol. The zero-order valence-corrected chi connectivity index (χ0v) is 26.5. The Morgan fingerprint density at radius 1 is 1.20 bits per heavy atom. The predicted octanol–water partition coefficient (Wildman–Crippen LogP) is 5.61. The largest absolute Gasteiger partial charge is 0.496 e. The van der Waals surface area contributed by atoms with Gasteiger partial charge in [-0.1, -0.05) is 47.7 Å². The molecule has 5 rings (SSSR count). The minimum Gasteiger partial charge on any atom is -0.496 e. The second kappa shape index (κ2) is 13.6.